The number of oxime groups is 1. The molecule has 0 radical (unpaired) electrons. The second kappa shape index (κ2) is 10.1. The van der Waals surface area contributed by atoms with Gasteiger partial charge in [0.1, 0.15) is 5.69 Å². The molecule has 1 rings (SSSR count). The Morgan fingerprint density at radius 3 is 2.76 bits per heavy atom. The standard InChI is InChI=1S/C14H24N4O3/c1-20-9-4-7-18(8-10-21-2)11-12-5-3-6-16-13(12)14(15)17-19/h3,5-6,19H,4,7-11H2,1-2H3,(H2,15,17). The number of amidine groups is 1. The van der Waals surface area contributed by atoms with E-state index >= 15 is 0 Å². The van der Waals surface area contributed by atoms with Gasteiger partial charge >= 0.3 is 0 Å². The molecule has 1 heterocycles. The number of hydrogen-bond acceptors (Lipinski definition) is 6. The van der Waals surface area contributed by atoms with E-state index in [1.807, 2.05) is 12.1 Å². The maximum absolute atomic E-state index is 8.83. The summed E-state index contributed by atoms with van der Waals surface area (Å²) in [5.41, 5.74) is 7.09. The van der Waals surface area contributed by atoms with Crippen LogP contribution in [0.3, 0.4) is 0 Å². The highest BCUT2D eigenvalue weighted by Gasteiger charge is 2.12. The molecule has 0 unspecified atom stereocenters. The summed E-state index contributed by atoms with van der Waals surface area (Å²) in [5, 5.41) is 11.9. The van der Waals surface area contributed by atoms with Crippen molar-refractivity contribution in [1.82, 2.24) is 9.88 Å². The van der Waals surface area contributed by atoms with Crippen LogP contribution in [0.1, 0.15) is 17.7 Å². The van der Waals surface area contributed by atoms with Gasteiger partial charge in [-0.2, -0.15) is 0 Å². The second-order valence-corrected chi connectivity index (χ2v) is 4.61. The van der Waals surface area contributed by atoms with E-state index in [4.69, 9.17) is 20.4 Å². The summed E-state index contributed by atoms with van der Waals surface area (Å²) in [6.45, 7) is 3.69. The summed E-state index contributed by atoms with van der Waals surface area (Å²) in [4.78, 5) is 6.41. The molecule has 0 bridgehead atoms. The first-order valence-corrected chi connectivity index (χ1v) is 6.85. The van der Waals surface area contributed by atoms with Gasteiger partial charge in [0.2, 0.25) is 0 Å². The number of aromatic nitrogens is 1. The molecule has 0 spiro atoms. The lowest BCUT2D eigenvalue weighted by atomic mass is 10.1. The number of rotatable bonds is 10. The van der Waals surface area contributed by atoms with E-state index in [0.29, 0.717) is 25.5 Å². The van der Waals surface area contributed by atoms with Crippen molar-refractivity contribution in [3.63, 3.8) is 0 Å². The van der Waals surface area contributed by atoms with Gasteiger partial charge in [-0.25, -0.2) is 0 Å². The molecule has 0 aromatic carbocycles. The van der Waals surface area contributed by atoms with Crippen molar-refractivity contribution in [1.29, 1.82) is 0 Å². The lowest BCUT2D eigenvalue weighted by Gasteiger charge is -2.22. The number of hydrogen-bond donors (Lipinski definition) is 2. The monoisotopic (exact) mass is 296 g/mol. The number of nitrogens with two attached hydrogens (primary N) is 1. The van der Waals surface area contributed by atoms with Crippen molar-refractivity contribution in [2.24, 2.45) is 10.9 Å². The fourth-order valence-electron chi connectivity index (χ4n) is 2.01. The molecule has 0 fully saturated rings. The Hall–Kier alpha value is -1.70. The molecule has 0 amide bonds. The quantitative estimate of drug-likeness (QED) is 0.217. The Morgan fingerprint density at radius 2 is 2.10 bits per heavy atom. The first-order valence-electron chi connectivity index (χ1n) is 6.85. The van der Waals surface area contributed by atoms with Crippen molar-refractivity contribution in [3.05, 3.63) is 29.6 Å². The van der Waals surface area contributed by atoms with Gasteiger partial charge in [0.05, 0.1) is 6.61 Å². The molecule has 1 aromatic heterocycles. The van der Waals surface area contributed by atoms with Crippen LogP contribution in [0.15, 0.2) is 23.5 Å². The smallest absolute Gasteiger partial charge is 0.189 e. The fraction of sp³-hybridized carbons (Fsp3) is 0.571. The molecular formula is C14H24N4O3. The van der Waals surface area contributed by atoms with Crippen LogP contribution in [0.25, 0.3) is 0 Å². The number of nitrogens with zero attached hydrogens (tertiary/aromatic N) is 3. The van der Waals surface area contributed by atoms with Gasteiger partial charge in [0.25, 0.3) is 0 Å². The minimum Gasteiger partial charge on any atom is -0.409 e. The molecule has 118 valence electrons. The zero-order valence-electron chi connectivity index (χ0n) is 12.7. The zero-order chi connectivity index (χ0) is 15.5. The van der Waals surface area contributed by atoms with Gasteiger partial charge < -0.3 is 20.4 Å². The summed E-state index contributed by atoms with van der Waals surface area (Å²) in [6.07, 6.45) is 2.56. The largest absolute Gasteiger partial charge is 0.409 e. The number of methoxy groups -OCH3 is 2. The van der Waals surface area contributed by atoms with Gasteiger partial charge in [-0.3, -0.25) is 9.88 Å². The molecular weight excluding hydrogens is 272 g/mol. The Morgan fingerprint density at radius 1 is 1.33 bits per heavy atom. The van der Waals surface area contributed by atoms with Gasteiger partial charge in [0.15, 0.2) is 5.84 Å². The molecule has 0 aliphatic carbocycles. The third kappa shape index (κ3) is 6.07. The second-order valence-electron chi connectivity index (χ2n) is 4.61. The molecule has 7 nitrogen and oxygen atoms in total. The van der Waals surface area contributed by atoms with E-state index < -0.39 is 0 Å². The molecule has 0 aliphatic rings. The van der Waals surface area contributed by atoms with E-state index in [2.05, 4.69) is 15.0 Å². The Labute approximate surface area is 125 Å². The van der Waals surface area contributed by atoms with Crippen LogP contribution in [0.5, 0.6) is 0 Å². The predicted molar refractivity (Wildman–Crippen MR) is 80.4 cm³/mol. The highest BCUT2D eigenvalue weighted by Crippen LogP contribution is 2.09. The van der Waals surface area contributed by atoms with E-state index in [-0.39, 0.29) is 5.84 Å². The average molecular weight is 296 g/mol. The van der Waals surface area contributed by atoms with E-state index in [9.17, 15) is 0 Å². The van der Waals surface area contributed by atoms with Crippen LogP contribution in [0, 0.1) is 0 Å². The van der Waals surface area contributed by atoms with Crippen molar-refractivity contribution in [3.8, 4) is 0 Å². The van der Waals surface area contributed by atoms with Crippen molar-refractivity contribution >= 4 is 5.84 Å². The fourth-order valence-corrected chi connectivity index (χ4v) is 2.01. The van der Waals surface area contributed by atoms with E-state index in [0.717, 1.165) is 25.1 Å². The predicted octanol–water partition coefficient (Wildman–Crippen LogP) is 0.661. The molecule has 3 N–H and O–H groups in total. The summed E-state index contributed by atoms with van der Waals surface area (Å²) in [5.74, 6) is 0.0224. The summed E-state index contributed by atoms with van der Waals surface area (Å²) in [6, 6.07) is 3.77. The lowest BCUT2D eigenvalue weighted by molar-refractivity contribution is 0.129. The van der Waals surface area contributed by atoms with Gasteiger partial charge in [-0.15, -0.1) is 0 Å². The minimum absolute atomic E-state index is 0.0224. The van der Waals surface area contributed by atoms with Crippen LogP contribution < -0.4 is 5.73 Å². The van der Waals surface area contributed by atoms with Crippen molar-refractivity contribution < 1.29 is 14.7 Å². The van der Waals surface area contributed by atoms with Crippen LogP contribution in [-0.2, 0) is 16.0 Å². The topological polar surface area (TPSA) is 93.2 Å². The third-order valence-corrected chi connectivity index (χ3v) is 3.07. The van der Waals surface area contributed by atoms with Crippen molar-refractivity contribution in [2.75, 3.05) is 40.5 Å². The normalized spacial score (nSPS) is 12.0. The van der Waals surface area contributed by atoms with Crippen molar-refractivity contribution in [2.45, 2.75) is 13.0 Å². The lowest BCUT2D eigenvalue weighted by Crippen LogP contribution is -2.30. The highest BCUT2D eigenvalue weighted by molar-refractivity contribution is 5.96. The van der Waals surface area contributed by atoms with E-state index in [1.54, 1.807) is 20.4 Å². The Kier molecular flexibility index (Phi) is 8.34. The molecule has 7 heteroatoms. The molecule has 0 aliphatic heterocycles. The number of ether oxygens (including phenoxy) is 2. The Balaban J connectivity index is 2.77. The first-order chi connectivity index (χ1) is 10.2. The first kappa shape index (κ1) is 17.4. The van der Waals surface area contributed by atoms with Gasteiger partial charge in [-0.1, -0.05) is 11.2 Å². The minimum atomic E-state index is 0.0224. The maximum Gasteiger partial charge on any atom is 0.189 e. The molecule has 1 aromatic rings. The summed E-state index contributed by atoms with van der Waals surface area (Å²) in [7, 11) is 3.37. The third-order valence-electron chi connectivity index (χ3n) is 3.07. The Bertz CT molecular complexity index is 440. The maximum atomic E-state index is 8.83. The molecule has 0 atom stereocenters. The van der Waals surface area contributed by atoms with E-state index in [1.165, 1.54) is 0 Å². The number of pyridine rings is 1. The summed E-state index contributed by atoms with van der Waals surface area (Å²) < 4.78 is 10.2. The van der Waals surface area contributed by atoms with Crippen LogP contribution >= 0.6 is 0 Å². The average Bonchev–Trinajstić information content (AvgIpc) is 2.52. The molecule has 0 saturated carbocycles. The SMILES string of the molecule is COCCCN(CCOC)Cc1cccnc1C(N)=NO. The van der Waals surface area contributed by atoms with Gasteiger partial charge in [0, 0.05) is 46.7 Å². The van der Waals surface area contributed by atoms with Crippen LogP contribution in [0.4, 0.5) is 0 Å². The zero-order valence-corrected chi connectivity index (χ0v) is 12.7. The molecule has 21 heavy (non-hydrogen) atoms. The molecule has 0 saturated heterocycles. The summed E-state index contributed by atoms with van der Waals surface area (Å²) >= 11 is 0. The van der Waals surface area contributed by atoms with Crippen LogP contribution in [-0.4, -0.2) is 61.4 Å². The van der Waals surface area contributed by atoms with Gasteiger partial charge in [-0.05, 0) is 18.1 Å². The highest BCUT2D eigenvalue weighted by atomic mass is 16.5. The van der Waals surface area contributed by atoms with Crippen LogP contribution in [0.2, 0.25) is 0 Å².